The highest BCUT2D eigenvalue weighted by Crippen LogP contribution is 2.33. The molecule has 8 nitrogen and oxygen atoms in total. The van der Waals surface area contributed by atoms with Crippen LogP contribution in [0.5, 0.6) is 0 Å². The van der Waals surface area contributed by atoms with Crippen LogP contribution in [0, 0.1) is 5.82 Å². The third kappa shape index (κ3) is 5.44. The Morgan fingerprint density at radius 2 is 1.82 bits per heavy atom. The minimum atomic E-state index is -0.676. The van der Waals surface area contributed by atoms with Crippen molar-refractivity contribution in [2.45, 2.75) is 77.4 Å². The lowest BCUT2D eigenvalue weighted by Gasteiger charge is -2.47. The lowest BCUT2D eigenvalue weighted by Crippen LogP contribution is -2.56. The molecule has 0 radical (unpaired) electrons. The van der Waals surface area contributed by atoms with Crippen molar-refractivity contribution in [3.63, 3.8) is 0 Å². The standard InChI is InChI=1S/C29H35FN4O4/c1-28(2)16-33(17-29(3,4)38-28)14-18-8-9-22(30)19(12-18)13-31-23-7-5-6-20-21(23)15-34(27(20)37)24-10-11-25(35)32-26(24)36/h5-9,12,24,31H,10-11,13-17H2,1-4H3,(H,32,35,36). The highest BCUT2D eigenvalue weighted by atomic mass is 19.1. The molecule has 202 valence electrons. The van der Waals surface area contributed by atoms with Gasteiger partial charge < -0.3 is 15.0 Å². The van der Waals surface area contributed by atoms with Gasteiger partial charge in [0.1, 0.15) is 11.9 Å². The summed E-state index contributed by atoms with van der Waals surface area (Å²) >= 11 is 0. The second kappa shape index (κ2) is 9.78. The Hall–Kier alpha value is -3.30. The van der Waals surface area contributed by atoms with E-state index in [9.17, 15) is 18.8 Å². The van der Waals surface area contributed by atoms with E-state index in [4.69, 9.17) is 4.74 Å². The van der Waals surface area contributed by atoms with Crippen LogP contribution in [0.2, 0.25) is 0 Å². The number of rotatable bonds is 6. The van der Waals surface area contributed by atoms with E-state index in [2.05, 4.69) is 43.2 Å². The number of nitrogens with zero attached hydrogens (tertiary/aromatic N) is 2. The second-order valence-electron chi connectivity index (χ2n) is 11.8. The van der Waals surface area contributed by atoms with Crippen LogP contribution in [0.3, 0.4) is 0 Å². The third-order valence-electron chi connectivity index (χ3n) is 7.33. The van der Waals surface area contributed by atoms with Gasteiger partial charge in [0.15, 0.2) is 0 Å². The first-order valence-corrected chi connectivity index (χ1v) is 13.1. The fourth-order valence-corrected chi connectivity index (χ4v) is 6.12. The number of imide groups is 1. The van der Waals surface area contributed by atoms with Crippen molar-refractivity contribution in [1.82, 2.24) is 15.1 Å². The lowest BCUT2D eigenvalue weighted by atomic mass is 9.98. The van der Waals surface area contributed by atoms with Crippen LogP contribution in [0.15, 0.2) is 36.4 Å². The first-order chi connectivity index (χ1) is 17.9. The van der Waals surface area contributed by atoms with E-state index >= 15 is 0 Å². The number of carbonyl (C=O) groups excluding carboxylic acids is 3. The van der Waals surface area contributed by atoms with Gasteiger partial charge >= 0.3 is 0 Å². The summed E-state index contributed by atoms with van der Waals surface area (Å²) in [5.41, 5.74) is 3.06. The molecule has 0 aliphatic carbocycles. The molecule has 3 heterocycles. The minimum Gasteiger partial charge on any atom is -0.381 e. The zero-order chi connectivity index (χ0) is 27.2. The summed E-state index contributed by atoms with van der Waals surface area (Å²) in [6.45, 7) is 11.1. The van der Waals surface area contributed by atoms with Crippen LogP contribution in [-0.4, -0.2) is 57.9 Å². The van der Waals surface area contributed by atoms with Crippen molar-refractivity contribution in [1.29, 1.82) is 0 Å². The molecule has 3 aliphatic rings. The molecule has 9 heteroatoms. The van der Waals surface area contributed by atoms with Crippen molar-refractivity contribution >= 4 is 23.4 Å². The molecule has 1 atom stereocenters. The van der Waals surface area contributed by atoms with Gasteiger partial charge in [0, 0.05) is 61.5 Å². The Morgan fingerprint density at radius 3 is 2.53 bits per heavy atom. The quantitative estimate of drug-likeness (QED) is 0.564. The van der Waals surface area contributed by atoms with Crippen molar-refractivity contribution in [2.75, 3.05) is 18.4 Å². The molecule has 1 unspecified atom stereocenters. The van der Waals surface area contributed by atoms with Crippen molar-refractivity contribution in [2.24, 2.45) is 0 Å². The number of halogens is 1. The van der Waals surface area contributed by atoms with Gasteiger partial charge in [-0.1, -0.05) is 12.1 Å². The number of benzene rings is 2. The molecular weight excluding hydrogens is 487 g/mol. The molecule has 0 spiro atoms. The monoisotopic (exact) mass is 522 g/mol. The number of amides is 3. The van der Waals surface area contributed by atoms with Crippen LogP contribution < -0.4 is 10.6 Å². The molecule has 2 aromatic rings. The number of nitrogens with one attached hydrogen (secondary N) is 2. The van der Waals surface area contributed by atoms with Gasteiger partial charge in [0.05, 0.1) is 11.2 Å². The van der Waals surface area contributed by atoms with Crippen LogP contribution in [0.4, 0.5) is 10.1 Å². The van der Waals surface area contributed by atoms with E-state index in [1.54, 1.807) is 12.1 Å². The summed E-state index contributed by atoms with van der Waals surface area (Å²) in [7, 11) is 0. The second-order valence-corrected chi connectivity index (χ2v) is 11.8. The van der Waals surface area contributed by atoms with Gasteiger partial charge in [0.2, 0.25) is 11.8 Å². The summed E-state index contributed by atoms with van der Waals surface area (Å²) in [6, 6.07) is 9.92. The minimum absolute atomic E-state index is 0.205. The highest BCUT2D eigenvalue weighted by molar-refractivity contribution is 6.06. The summed E-state index contributed by atoms with van der Waals surface area (Å²) in [5, 5.41) is 5.64. The number of hydrogen-bond acceptors (Lipinski definition) is 6. The summed E-state index contributed by atoms with van der Waals surface area (Å²) in [6.07, 6.45) is 0.513. The number of carbonyl (C=O) groups is 3. The van der Waals surface area contributed by atoms with Crippen molar-refractivity contribution in [3.05, 3.63) is 64.5 Å². The Kier molecular flexibility index (Phi) is 6.77. The molecule has 0 bridgehead atoms. The Balaban J connectivity index is 1.29. The number of hydrogen-bond donors (Lipinski definition) is 2. The molecule has 3 amide bonds. The maximum absolute atomic E-state index is 14.8. The van der Waals surface area contributed by atoms with Gasteiger partial charge in [-0.25, -0.2) is 4.39 Å². The molecule has 2 N–H and O–H groups in total. The Labute approximate surface area is 222 Å². The number of piperidine rings is 1. The maximum Gasteiger partial charge on any atom is 0.255 e. The largest absolute Gasteiger partial charge is 0.381 e. The summed E-state index contributed by atoms with van der Waals surface area (Å²) in [4.78, 5) is 40.9. The molecule has 0 aromatic heterocycles. The van der Waals surface area contributed by atoms with E-state index in [0.29, 0.717) is 24.1 Å². The molecule has 0 saturated carbocycles. The van der Waals surface area contributed by atoms with E-state index < -0.39 is 11.9 Å². The van der Waals surface area contributed by atoms with Gasteiger partial charge in [-0.3, -0.25) is 24.6 Å². The first-order valence-electron chi connectivity index (χ1n) is 13.1. The predicted octanol–water partition coefficient (Wildman–Crippen LogP) is 3.59. The number of morpholine rings is 1. The van der Waals surface area contributed by atoms with Crippen LogP contribution >= 0.6 is 0 Å². The number of ether oxygens (including phenoxy) is 1. The van der Waals surface area contributed by atoms with E-state index in [1.807, 2.05) is 18.2 Å². The average molecular weight is 523 g/mol. The average Bonchev–Trinajstić information content (AvgIpc) is 3.14. The van der Waals surface area contributed by atoms with Gasteiger partial charge in [-0.2, -0.15) is 0 Å². The van der Waals surface area contributed by atoms with Crippen LogP contribution in [0.25, 0.3) is 0 Å². The predicted molar refractivity (Wildman–Crippen MR) is 141 cm³/mol. The first kappa shape index (κ1) is 26.3. The molecule has 38 heavy (non-hydrogen) atoms. The van der Waals surface area contributed by atoms with Gasteiger partial charge in [-0.05, 0) is 63.9 Å². The zero-order valence-electron chi connectivity index (χ0n) is 22.4. The highest BCUT2D eigenvalue weighted by Gasteiger charge is 2.40. The smallest absolute Gasteiger partial charge is 0.255 e. The van der Waals surface area contributed by atoms with E-state index in [-0.39, 0.29) is 48.3 Å². The molecule has 5 rings (SSSR count). The van der Waals surface area contributed by atoms with Gasteiger partial charge in [0.25, 0.3) is 5.91 Å². The van der Waals surface area contributed by atoms with E-state index in [1.165, 1.54) is 11.0 Å². The molecule has 2 saturated heterocycles. The fourth-order valence-electron chi connectivity index (χ4n) is 6.12. The normalized spacial score (nSPS) is 22.8. The molecule has 2 aromatic carbocycles. The Bertz CT molecular complexity index is 1280. The summed E-state index contributed by atoms with van der Waals surface area (Å²) in [5.74, 6) is -1.29. The third-order valence-corrected chi connectivity index (χ3v) is 7.33. The Morgan fingerprint density at radius 1 is 1.08 bits per heavy atom. The molecular formula is C29H35FN4O4. The number of anilines is 1. The fraction of sp³-hybridized carbons (Fsp3) is 0.483. The van der Waals surface area contributed by atoms with Crippen LogP contribution in [-0.2, 0) is 34.0 Å². The lowest BCUT2D eigenvalue weighted by molar-refractivity contribution is -0.182. The van der Waals surface area contributed by atoms with Crippen molar-refractivity contribution < 1.29 is 23.5 Å². The maximum atomic E-state index is 14.8. The van der Waals surface area contributed by atoms with E-state index in [0.717, 1.165) is 29.9 Å². The molecule has 3 aliphatic heterocycles. The summed E-state index contributed by atoms with van der Waals surface area (Å²) < 4.78 is 21.0. The van der Waals surface area contributed by atoms with Crippen LogP contribution in [0.1, 0.15) is 67.6 Å². The zero-order valence-corrected chi connectivity index (χ0v) is 22.4. The molecule has 2 fully saturated rings. The topological polar surface area (TPSA) is 91.0 Å². The SMILES string of the molecule is CC1(C)CN(Cc2ccc(F)c(CNc3cccc4c3CN(C3CCC(=O)NC3=O)C4=O)c2)CC(C)(C)O1. The van der Waals surface area contributed by atoms with Crippen molar-refractivity contribution in [3.8, 4) is 0 Å². The number of fused-ring (bicyclic) bond motifs is 1. The van der Waals surface area contributed by atoms with Gasteiger partial charge in [-0.15, -0.1) is 0 Å².